The van der Waals surface area contributed by atoms with Gasteiger partial charge in [-0.3, -0.25) is 14.2 Å². The SMILES string of the molecule is COc1cccc(-n2cnnc2SCC(=O)c2ccc(CCNC(C)=O)s2)c1. The molecule has 146 valence electrons. The normalized spacial score (nSPS) is 10.6. The zero-order valence-corrected chi connectivity index (χ0v) is 17.2. The number of benzene rings is 1. The van der Waals surface area contributed by atoms with Crippen LogP contribution in [0.3, 0.4) is 0 Å². The summed E-state index contributed by atoms with van der Waals surface area (Å²) in [6, 6.07) is 11.3. The Hall–Kier alpha value is -2.65. The molecule has 0 atom stereocenters. The van der Waals surface area contributed by atoms with E-state index in [0.29, 0.717) is 16.6 Å². The van der Waals surface area contributed by atoms with Crippen LogP contribution >= 0.6 is 23.1 Å². The Labute approximate surface area is 171 Å². The standard InChI is InChI=1S/C19H20N4O3S2/c1-13(24)20-9-8-16-6-7-18(28-16)17(25)11-27-19-22-21-12-23(19)14-4-3-5-15(10-14)26-2/h3-7,10,12H,8-9,11H2,1-2H3,(H,20,24). The van der Waals surface area contributed by atoms with Crippen LogP contribution < -0.4 is 10.1 Å². The average molecular weight is 417 g/mol. The molecule has 1 amide bonds. The molecule has 2 heterocycles. The maximum absolute atomic E-state index is 12.5. The Morgan fingerprint density at radius 2 is 2.14 bits per heavy atom. The van der Waals surface area contributed by atoms with Crippen LogP contribution in [0.2, 0.25) is 0 Å². The van der Waals surface area contributed by atoms with Crippen molar-refractivity contribution in [1.82, 2.24) is 20.1 Å². The lowest BCUT2D eigenvalue weighted by molar-refractivity contribution is -0.118. The zero-order chi connectivity index (χ0) is 19.9. The molecule has 1 aromatic carbocycles. The minimum atomic E-state index is -0.0515. The lowest BCUT2D eigenvalue weighted by atomic mass is 10.3. The summed E-state index contributed by atoms with van der Waals surface area (Å²) < 4.78 is 7.08. The van der Waals surface area contributed by atoms with E-state index >= 15 is 0 Å². The summed E-state index contributed by atoms with van der Waals surface area (Å²) in [5, 5.41) is 11.5. The van der Waals surface area contributed by atoms with Crippen LogP contribution in [0, 0.1) is 0 Å². The average Bonchev–Trinajstić information content (AvgIpc) is 3.35. The van der Waals surface area contributed by atoms with Crippen LogP contribution in [0.25, 0.3) is 5.69 Å². The predicted octanol–water partition coefficient (Wildman–Crippen LogP) is 2.99. The van der Waals surface area contributed by atoms with E-state index in [0.717, 1.165) is 22.7 Å². The first-order valence-corrected chi connectivity index (χ1v) is 10.4. The molecule has 3 rings (SSSR count). The summed E-state index contributed by atoms with van der Waals surface area (Å²) in [6.45, 7) is 2.06. The van der Waals surface area contributed by atoms with Gasteiger partial charge in [0.2, 0.25) is 5.91 Å². The van der Waals surface area contributed by atoms with Crippen LogP contribution in [0.15, 0.2) is 47.9 Å². The van der Waals surface area contributed by atoms with Gasteiger partial charge in [-0.2, -0.15) is 0 Å². The molecule has 9 heteroatoms. The quantitative estimate of drug-likeness (QED) is 0.426. The van der Waals surface area contributed by atoms with E-state index in [1.165, 1.54) is 30.0 Å². The third kappa shape index (κ3) is 5.20. The Kier molecular flexibility index (Phi) is 6.83. The highest BCUT2D eigenvalue weighted by Gasteiger charge is 2.14. The fourth-order valence-corrected chi connectivity index (χ4v) is 4.33. The van der Waals surface area contributed by atoms with Crippen molar-refractivity contribution in [2.45, 2.75) is 18.5 Å². The van der Waals surface area contributed by atoms with Gasteiger partial charge < -0.3 is 10.1 Å². The van der Waals surface area contributed by atoms with Crippen molar-refractivity contribution >= 4 is 34.8 Å². The second-order valence-corrected chi connectivity index (χ2v) is 8.01. The Morgan fingerprint density at radius 3 is 2.93 bits per heavy atom. The summed E-state index contributed by atoms with van der Waals surface area (Å²) >= 11 is 2.81. The number of thioether (sulfide) groups is 1. The summed E-state index contributed by atoms with van der Waals surface area (Å²) in [6.07, 6.45) is 2.34. The van der Waals surface area contributed by atoms with Crippen molar-refractivity contribution in [3.8, 4) is 11.4 Å². The number of nitrogens with one attached hydrogen (secondary N) is 1. The van der Waals surface area contributed by atoms with Crippen LogP contribution in [-0.4, -0.2) is 45.9 Å². The molecule has 0 aliphatic heterocycles. The number of hydrogen-bond acceptors (Lipinski definition) is 7. The monoisotopic (exact) mass is 416 g/mol. The van der Waals surface area contributed by atoms with Gasteiger partial charge in [-0.05, 0) is 30.7 Å². The van der Waals surface area contributed by atoms with E-state index in [1.54, 1.807) is 13.4 Å². The number of carbonyl (C=O) groups excluding carboxylic acids is 2. The van der Waals surface area contributed by atoms with E-state index in [-0.39, 0.29) is 17.4 Å². The number of Topliss-reactive ketones (excluding diaryl/α,β-unsaturated/α-hetero) is 1. The second kappa shape index (κ2) is 9.52. The topological polar surface area (TPSA) is 86.1 Å². The van der Waals surface area contributed by atoms with E-state index in [2.05, 4.69) is 15.5 Å². The molecule has 0 aliphatic rings. The number of aromatic nitrogens is 3. The zero-order valence-electron chi connectivity index (χ0n) is 15.5. The lowest BCUT2D eigenvalue weighted by Gasteiger charge is -2.07. The minimum Gasteiger partial charge on any atom is -0.497 e. The fraction of sp³-hybridized carbons (Fsp3) is 0.263. The molecule has 0 aliphatic carbocycles. The first-order chi connectivity index (χ1) is 13.6. The first-order valence-electron chi connectivity index (χ1n) is 8.60. The van der Waals surface area contributed by atoms with E-state index in [9.17, 15) is 9.59 Å². The number of rotatable bonds is 9. The van der Waals surface area contributed by atoms with E-state index in [4.69, 9.17) is 4.74 Å². The van der Waals surface area contributed by atoms with Crippen LogP contribution in [0.4, 0.5) is 0 Å². The van der Waals surface area contributed by atoms with Crippen LogP contribution in [-0.2, 0) is 11.2 Å². The van der Waals surface area contributed by atoms with E-state index in [1.807, 2.05) is 41.0 Å². The summed E-state index contributed by atoms with van der Waals surface area (Å²) in [4.78, 5) is 25.2. The predicted molar refractivity (Wildman–Crippen MR) is 110 cm³/mol. The third-order valence-corrected chi connectivity index (χ3v) is 5.99. The van der Waals surface area contributed by atoms with Crippen molar-refractivity contribution < 1.29 is 14.3 Å². The van der Waals surface area contributed by atoms with Gasteiger partial charge in [-0.15, -0.1) is 21.5 Å². The Morgan fingerprint density at radius 1 is 1.29 bits per heavy atom. The molecule has 0 saturated heterocycles. The maximum atomic E-state index is 12.5. The summed E-state index contributed by atoms with van der Waals surface area (Å²) in [5.74, 6) is 1.00. The molecule has 0 spiro atoms. The Balaban J connectivity index is 1.60. The van der Waals surface area contributed by atoms with E-state index < -0.39 is 0 Å². The second-order valence-electron chi connectivity index (χ2n) is 5.90. The van der Waals surface area contributed by atoms with Gasteiger partial charge in [0.05, 0.1) is 23.4 Å². The molecule has 2 aromatic heterocycles. The molecular weight excluding hydrogens is 396 g/mol. The highest BCUT2D eigenvalue weighted by atomic mass is 32.2. The van der Waals surface area contributed by atoms with Crippen molar-refractivity contribution in [2.24, 2.45) is 0 Å². The molecule has 0 radical (unpaired) electrons. The first kappa shape index (κ1) is 20.1. The van der Waals surface area contributed by atoms with Gasteiger partial charge in [0, 0.05) is 24.4 Å². The number of carbonyl (C=O) groups is 2. The molecule has 28 heavy (non-hydrogen) atoms. The molecule has 0 fully saturated rings. The van der Waals surface area contributed by atoms with Crippen molar-refractivity contribution in [3.05, 3.63) is 52.5 Å². The van der Waals surface area contributed by atoms with Gasteiger partial charge in [0.25, 0.3) is 0 Å². The van der Waals surface area contributed by atoms with Gasteiger partial charge in [0.15, 0.2) is 10.9 Å². The van der Waals surface area contributed by atoms with Gasteiger partial charge >= 0.3 is 0 Å². The molecule has 3 aromatic rings. The number of methoxy groups -OCH3 is 1. The molecule has 0 unspecified atom stereocenters. The third-order valence-electron chi connectivity index (χ3n) is 3.86. The number of thiophene rings is 1. The molecule has 1 N–H and O–H groups in total. The molecule has 7 nitrogen and oxygen atoms in total. The number of amides is 1. The smallest absolute Gasteiger partial charge is 0.216 e. The summed E-state index contributed by atoms with van der Waals surface area (Å²) in [5.41, 5.74) is 0.871. The van der Waals surface area contributed by atoms with Gasteiger partial charge in [-0.25, -0.2) is 0 Å². The number of ketones is 1. The molecular formula is C19H20N4O3S2. The fourth-order valence-electron chi connectivity index (χ4n) is 2.49. The van der Waals surface area contributed by atoms with Crippen LogP contribution in [0.1, 0.15) is 21.5 Å². The lowest BCUT2D eigenvalue weighted by Crippen LogP contribution is -2.22. The Bertz CT molecular complexity index is 968. The number of hydrogen-bond donors (Lipinski definition) is 1. The minimum absolute atomic E-state index is 0.0426. The largest absolute Gasteiger partial charge is 0.497 e. The highest BCUT2D eigenvalue weighted by molar-refractivity contribution is 7.99. The van der Waals surface area contributed by atoms with Gasteiger partial charge in [-0.1, -0.05) is 17.8 Å². The van der Waals surface area contributed by atoms with Crippen LogP contribution in [0.5, 0.6) is 5.75 Å². The number of ether oxygens (including phenoxy) is 1. The summed E-state index contributed by atoms with van der Waals surface area (Å²) in [7, 11) is 1.62. The van der Waals surface area contributed by atoms with Crippen molar-refractivity contribution in [1.29, 1.82) is 0 Å². The molecule has 0 saturated carbocycles. The van der Waals surface area contributed by atoms with Gasteiger partial charge in [0.1, 0.15) is 12.1 Å². The highest BCUT2D eigenvalue weighted by Crippen LogP contribution is 2.24. The van der Waals surface area contributed by atoms with Crippen molar-refractivity contribution in [3.63, 3.8) is 0 Å². The molecule has 0 bridgehead atoms. The van der Waals surface area contributed by atoms with Crippen molar-refractivity contribution in [2.75, 3.05) is 19.4 Å². The maximum Gasteiger partial charge on any atom is 0.216 e. The number of nitrogens with zero attached hydrogens (tertiary/aromatic N) is 3.